The van der Waals surface area contributed by atoms with Crippen LogP contribution < -0.4 is 5.32 Å². The van der Waals surface area contributed by atoms with Crippen LogP contribution in [0, 0.1) is 5.82 Å². The van der Waals surface area contributed by atoms with Crippen LogP contribution in [0.5, 0.6) is 0 Å². The van der Waals surface area contributed by atoms with Crippen molar-refractivity contribution in [3.8, 4) is 0 Å². The Morgan fingerprint density at radius 1 is 1.45 bits per heavy atom. The van der Waals surface area contributed by atoms with Crippen molar-refractivity contribution in [1.29, 1.82) is 0 Å². The largest absolute Gasteiger partial charge is 0.469 e. The normalized spacial score (nSPS) is 10.6. The molecule has 0 aliphatic rings. The molecule has 2 aromatic rings. The average molecular weight is 320 g/mol. The maximum absolute atomic E-state index is 13.0. The Kier molecular flexibility index (Phi) is 5.37. The van der Waals surface area contributed by atoms with E-state index in [0.717, 1.165) is 0 Å². The number of halogens is 1. The Hall–Kier alpha value is -2.54. The van der Waals surface area contributed by atoms with E-state index in [0.29, 0.717) is 16.4 Å². The zero-order valence-electron chi connectivity index (χ0n) is 11.7. The smallest absolute Gasteiger partial charge is 0.311 e. The number of nitrogens with one attached hydrogen (secondary N) is 1. The van der Waals surface area contributed by atoms with Gasteiger partial charge in [0.05, 0.1) is 19.2 Å². The molecule has 0 bridgehead atoms. The van der Waals surface area contributed by atoms with Gasteiger partial charge in [0.1, 0.15) is 5.82 Å². The van der Waals surface area contributed by atoms with E-state index in [1.807, 2.05) is 0 Å². The molecule has 0 spiro atoms. The molecule has 0 radical (unpaired) electrons. The highest BCUT2D eigenvalue weighted by Crippen LogP contribution is 2.16. The fourth-order valence-corrected chi connectivity index (χ4v) is 2.31. The molecule has 22 heavy (non-hydrogen) atoms. The van der Waals surface area contributed by atoms with Gasteiger partial charge in [-0.2, -0.15) is 0 Å². The summed E-state index contributed by atoms with van der Waals surface area (Å²) < 4.78 is 17.5. The second-order valence-corrected chi connectivity index (χ2v) is 5.13. The molecule has 1 aromatic carbocycles. The number of methoxy groups -OCH3 is 1. The quantitative estimate of drug-likeness (QED) is 0.679. The first kappa shape index (κ1) is 15.8. The Bertz CT molecular complexity index is 712. The molecule has 1 amide bonds. The lowest BCUT2D eigenvalue weighted by Gasteiger charge is -1.97. The summed E-state index contributed by atoms with van der Waals surface area (Å²) in [6.07, 6.45) is 2.85. The number of amides is 1. The molecule has 114 valence electrons. The van der Waals surface area contributed by atoms with Gasteiger partial charge in [-0.1, -0.05) is 12.1 Å². The van der Waals surface area contributed by atoms with E-state index >= 15 is 0 Å². The number of esters is 1. The first-order valence-corrected chi connectivity index (χ1v) is 7.20. The van der Waals surface area contributed by atoms with Crippen molar-refractivity contribution >= 4 is 34.4 Å². The Balaban J connectivity index is 1.93. The first-order chi connectivity index (χ1) is 10.6. The lowest BCUT2D eigenvalue weighted by atomic mass is 10.2. The summed E-state index contributed by atoms with van der Waals surface area (Å²) in [5.74, 6) is -1.15. The van der Waals surface area contributed by atoms with E-state index in [1.165, 1.54) is 42.7 Å². The summed E-state index contributed by atoms with van der Waals surface area (Å²) in [5, 5.41) is 4.63. The van der Waals surface area contributed by atoms with Crippen LogP contribution in [0.3, 0.4) is 0 Å². The molecule has 0 atom stereocenters. The standard InChI is InChI=1S/C15H13FN2O3S/c1-21-14(20)8-12-9-22-15(17-12)18-13(19)6-5-10-3-2-4-11(16)7-10/h2-7,9H,8H2,1H3,(H,17,18,19)/b6-5+. The summed E-state index contributed by atoms with van der Waals surface area (Å²) in [6, 6.07) is 5.90. The fourth-order valence-electron chi connectivity index (χ4n) is 1.59. The van der Waals surface area contributed by atoms with Gasteiger partial charge in [-0.05, 0) is 23.8 Å². The predicted molar refractivity (Wildman–Crippen MR) is 81.9 cm³/mol. The predicted octanol–water partition coefficient (Wildman–Crippen LogP) is 2.65. The third kappa shape index (κ3) is 4.78. The topological polar surface area (TPSA) is 68.3 Å². The van der Waals surface area contributed by atoms with Crippen molar-refractivity contribution in [2.45, 2.75) is 6.42 Å². The Morgan fingerprint density at radius 3 is 3.00 bits per heavy atom. The number of nitrogens with zero attached hydrogens (tertiary/aromatic N) is 1. The summed E-state index contributed by atoms with van der Waals surface area (Å²) in [4.78, 5) is 27.0. The van der Waals surface area contributed by atoms with Crippen LogP contribution in [0.4, 0.5) is 9.52 Å². The number of thiazole rings is 1. The summed E-state index contributed by atoms with van der Waals surface area (Å²) in [6.45, 7) is 0. The molecular weight excluding hydrogens is 307 g/mol. The van der Waals surface area contributed by atoms with Crippen LogP contribution in [-0.2, 0) is 20.7 Å². The number of hydrogen-bond acceptors (Lipinski definition) is 5. The van der Waals surface area contributed by atoms with Gasteiger partial charge in [-0.3, -0.25) is 14.9 Å². The molecule has 0 unspecified atom stereocenters. The van der Waals surface area contributed by atoms with Crippen LogP contribution in [0.25, 0.3) is 6.08 Å². The molecule has 5 nitrogen and oxygen atoms in total. The lowest BCUT2D eigenvalue weighted by molar-refractivity contribution is -0.139. The summed E-state index contributed by atoms with van der Waals surface area (Å²) in [7, 11) is 1.30. The zero-order chi connectivity index (χ0) is 15.9. The second kappa shape index (κ2) is 7.46. The number of benzene rings is 1. The van der Waals surface area contributed by atoms with E-state index < -0.39 is 5.97 Å². The third-order valence-electron chi connectivity index (χ3n) is 2.61. The van der Waals surface area contributed by atoms with Crippen LogP contribution in [0.2, 0.25) is 0 Å². The molecule has 7 heteroatoms. The lowest BCUT2D eigenvalue weighted by Crippen LogP contribution is -2.08. The van der Waals surface area contributed by atoms with Crippen LogP contribution in [0.1, 0.15) is 11.3 Å². The molecular formula is C15H13FN2O3S. The monoisotopic (exact) mass is 320 g/mol. The van der Waals surface area contributed by atoms with Crippen molar-refractivity contribution in [2.75, 3.05) is 12.4 Å². The van der Waals surface area contributed by atoms with Gasteiger partial charge in [0.25, 0.3) is 0 Å². The van der Waals surface area contributed by atoms with E-state index in [-0.39, 0.29) is 18.1 Å². The molecule has 2 rings (SSSR count). The molecule has 0 saturated heterocycles. The highest BCUT2D eigenvalue weighted by atomic mass is 32.1. The molecule has 1 N–H and O–H groups in total. The fraction of sp³-hybridized carbons (Fsp3) is 0.133. The first-order valence-electron chi connectivity index (χ1n) is 6.32. The molecule has 1 aromatic heterocycles. The van der Waals surface area contributed by atoms with Crippen molar-refractivity contribution in [1.82, 2.24) is 4.98 Å². The second-order valence-electron chi connectivity index (χ2n) is 4.27. The van der Waals surface area contributed by atoms with Crippen molar-refractivity contribution in [2.24, 2.45) is 0 Å². The minimum Gasteiger partial charge on any atom is -0.469 e. The van der Waals surface area contributed by atoms with E-state index in [9.17, 15) is 14.0 Å². The van der Waals surface area contributed by atoms with Gasteiger partial charge in [-0.25, -0.2) is 9.37 Å². The number of hydrogen-bond donors (Lipinski definition) is 1. The zero-order valence-corrected chi connectivity index (χ0v) is 12.5. The number of rotatable bonds is 5. The van der Waals surface area contributed by atoms with Crippen LogP contribution in [0.15, 0.2) is 35.7 Å². The average Bonchev–Trinajstić information content (AvgIpc) is 2.92. The SMILES string of the molecule is COC(=O)Cc1csc(NC(=O)/C=C/c2cccc(F)c2)n1. The third-order valence-corrected chi connectivity index (χ3v) is 3.42. The van der Waals surface area contributed by atoms with E-state index in [2.05, 4.69) is 15.0 Å². The van der Waals surface area contributed by atoms with E-state index in [1.54, 1.807) is 17.5 Å². The minimum atomic E-state index is -0.394. The summed E-state index contributed by atoms with van der Waals surface area (Å²) >= 11 is 1.21. The van der Waals surface area contributed by atoms with Gasteiger partial charge >= 0.3 is 5.97 Å². The highest BCUT2D eigenvalue weighted by molar-refractivity contribution is 7.14. The van der Waals surface area contributed by atoms with Gasteiger partial charge in [-0.15, -0.1) is 11.3 Å². The van der Waals surface area contributed by atoms with Gasteiger partial charge < -0.3 is 4.74 Å². The van der Waals surface area contributed by atoms with Gasteiger partial charge in [0.15, 0.2) is 5.13 Å². The number of anilines is 1. The van der Waals surface area contributed by atoms with Crippen LogP contribution in [-0.4, -0.2) is 24.0 Å². The molecule has 0 fully saturated rings. The highest BCUT2D eigenvalue weighted by Gasteiger charge is 2.08. The molecule has 0 saturated carbocycles. The number of aromatic nitrogens is 1. The Labute approximate surface area is 130 Å². The number of ether oxygens (including phenoxy) is 1. The van der Waals surface area contributed by atoms with Gasteiger partial charge in [0, 0.05) is 11.5 Å². The maximum Gasteiger partial charge on any atom is 0.311 e. The van der Waals surface area contributed by atoms with Crippen molar-refractivity contribution < 1.29 is 18.7 Å². The molecule has 0 aliphatic heterocycles. The minimum absolute atomic E-state index is 0.0575. The molecule has 0 aliphatic carbocycles. The van der Waals surface area contributed by atoms with Crippen molar-refractivity contribution in [3.63, 3.8) is 0 Å². The number of carbonyl (C=O) groups is 2. The van der Waals surface area contributed by atoms with Gasteiger partial charge in [0.2, 0.25) is 5.91 Å². The molecule has 1 heterocycles. The van der Waals surface area contributed by atoms with Crippen LogP contribution >= 0.6 is 11.3 Å². The Morgan fingerprint density at radius 2 is 2.27 bits per heavy atom. The van der Waals surface area contributed by atoms with Crippen molar-refractivity contribution in [3.05, 3.63) is 52.8 Å². The maximum atomic E-state index is 13.0. The number of carbonyl (C=O) groups excluding carboxylic acids is 2. The van der Waals surface area contributed by atoms with E-state index in [4.69, 9.17) is 0 Å². The summed E-state index contributed by atoms with van der Waals surface area (Å²) in [5.41, 5.74) is 1.11.